The Morgan fingerprint density at radius 3 is 2.96 bits per heavy atom. The zero-order chi connectivity index (χ0) is 16.6. The number of amidine groups is 1. The van der Waals surface area contributed by atoms with E-state index in [1.165, 1.54) is 6.08 Å². The number of allylic oxidation sites excluding steroid dienone is 2. The Labute approximate surface area is 138 Å². The van der Waals surface area contributed by atoms with E-state index in [1.807, 2.05) is 6.92 Å². The molecule has 1 aromatic carbocycles. The van der Waals surface area contributed by atoms with Gasteiger partial charge in [0.1, 0.15) is 11.3 Å². The second kappa shape index (κ2) is 5.82. The van der Waals surface area contributed by atoms with Crippen LogP contribution in [-0.2, 0) is 14.8 Å². The fraction of sp³-hybridized carbons (Fsp3) is 0.200. The summed E-state index contributed by atoms with van der Waals surface area (Å²) in [5, 5.41) is 0.297. The maximum Gasteiger partial charge on any atom is 0.347 e. The highest BCUT2D eigenvalue weighted by Crippen LogP contribution is 2.27. The zero-order valence-electron chi connectivity index (χ0n) is 12.2. The normalized spacial score (nSPS) is 18.8. The first kappa shape index (κ1) is 15.8. The number of benzene rings is 1. The summed E-state index contributed by atoms with van der Waals surface area (Å²) in [6.45, 7) is 2.09. The highest BCUT2D eigenvalue weighted by Gasteiger charge is 2.31. The van der Waals surface area contributed by atoms with Gasteiger partial charge in [-0.3, -0.25) is 0 Å². The van der Waals surface area contributed by atoms with Gasteiger partial charge in [-0.15, -0.1) is 4.40 Å². The molecule has 0 unspecified atom stereocenters. The summed E-state index contributed by atoms with van der Waals surface area (Å²) in [4.78, 5) is 14.0. The highest BCUT2D eigenvalue weighted by molar-refractivity contribution is 7.90. The van der Waals surface area contributed by atoms with E-state index in [1.54, 1.807) is 35.4 Å². The number of aryl methyl sites for hydroxylation is 1. The van der Waals surface area contributed by atoms with Crippen molar-refractivity contribution >= 4 is 33.4 Å². The molecule has 0 radical (unpaired) electrons. The number of hydrogen-bond acceptors (Lipinski definition) is 5. The van der Waals surface area contributed by atoms with Crippen molar-refractivity contribution in [3.8, 4) is 5.75 Å². The van der Waals surface area contributed by atoms with E-state index in [0.29, 0.717) is 5.02 Å². The van der Waals surface area contributed by atoms with E-state index < -0.39 is 16.0 Å². The summed E-state index contributed by atoms with van der Waals surface area (Å²) in [5.74, 6) is -0.500. The Morgan fingerprint density at radius 2 is 2.17 bits per heavy atom. The molecule has 0 saturated carbocycles. The average Bonchev–Trinajstić information content (AvgIpc) is 2.49. The molecule has 1 aromatic rings. The third kappa shape index (κ3) is 3.30. The van der Waals surface area contributed by atoms with Gasteiger partial charge in [-0.1, -0.05) is 17.7 Å². The van der Waals surface area contributed by atoms with Crippen molar-refractivity contribution in [3.05, 3.63) is 52.7 Å². The lowest BCUT2D eigenvalue weighted by Gasteiger charge is -2.28. The molecule has 0 N–H and O–H groups in total. The Kier molecular flexibility index (Phi) is 3.99. The number of ether oxygens (including phenoxy) is 1. The number of sulfonamides is 1. The third-order valence-electron chi connectivity index (χ3n) is 3.37. The number of nitrogens with zero attached hydrogens (tertiary/aromatic N) is 2. The molecule has 0 atom stereocenters. The van der Waals surface area contributed by atoms with Gasteiger partial charge in [-0.05, 0) is 36.8 Å². The van der Waals surface area contributed by atoms with Crippen molar-refractivity contribution in [1.82, 2.24) is 4.90 Å². The largest absolute Gasteiger partial charge is 0.421 e. The van der Waals surface area contributed by atoms with Crippen molar-refractivity contribution in [3.63, 3.8) is 0 Å². The molecule has 0 aliphatic carbocycles. The summed E-state index contributed by atoms with van der Waals surface area (Å²) < 4.78 is 32.4. The number of esters is 1. The Balaban J connectivity index is 1.92. The second-order valence-electron chi connectivity index (χ2n) is 5.14. The first-order valence-electron chi connectivity index (χ1n) is 6.82. The molecule has 0 aromatic heterocycles. The van der Waals surface area contributed by atoms with E-state index in [2.05, 4.69) is 4.40 Å². The Bertz CT molecular complexity index is 871. The number of carbonyl (C=O) groups excluding carboxylic acids is 1. The Hall–Kier alpha value is -2.12. The van der Waals surface area contributed by atoms with E-state index in [0.717, 1.165) is 5.56 Å². The summed E-state index contributed by atoms with van der Waals surface area (Å²) in [7, 11) is -3.57. The average molecular weight is 353 g/mol. The van der Waals surface area contributed by atoms with Crippen molar-refractivity contribution < 1.29 is 17.9 Å². The van der Waals surface area contributed by atoms with E-state index in [-0.39, 0.29) is 29.5 Å². The number of hydrogen-bond donors (Lipinski definition) is 0. The smallest absolute Gasteiger partial charge is 0.347 e. The van der Waals surface area contributed by atoms with Gasteiger partial charge in [0, 0.05) is 12.7 Å². The monoisotopic (exact) mass is 352 g/mol. The quantitative estimate of drug-likeness (QED) is 0.601. The van der Waals surface area contributed by atoms with Crippen LogP contribution in [0.2, 0.25) is 5.02 Å². The molecule has 8 heteroatoms. The van der Waals surface area contributed by atoms with Gasteiger partial charge in [0.15, 0.2) is 5.84 Å². The summed E-state index contributed by atoms with van der Waals surface area (Å²) >= 11 is 6.01. The van der Waals surface area contributed by atoms with Crippen molar-refractivity contribution in [2.75, 3.05) is 12.3 Å². The summed E-state index contributed by atoms with van der Waals surface area (Å²) in [5.41, 5.74) is 0.960. The summed E-state index contributed by atoms with van der Waals surface area (Å²) in [6, 6.07) is 5.06. The molecular weight excluding hydrogens is 340 g/mol. The maximum absolute atomic E-state index is 12.4. The highest BCUT2D eigenvalue weighted by atomic mass is 35.5. The van der Waals surface area contributed by atoms with E-state index in [9.17, 15) is 13.2 Å². The van der Waals surface area contributed by atoms with Crippen LogP contribution in [-0.4, -0.2) is 37.4 Å². The van der Waals surface area contributed by atoms with Gasteiger partial charge >= 0.3 is 5.97 Å². The molecule has 0 saturated heterocycles. The van der Waals surface area contributed by atoms with Gasteiger partial charge < -0.3 is 9.64 Å². The van der Waals surface area contributed by atoms with Crippen LogP contribution in [0.4, 0.5) is 0 Å². The standard InChI is InChI=1S/C15H13ClN2O4S/c1-10-4-5-12(16)13(9-10)22-15(19)11-3-2-6-18-7-8-23(20,21)17-14(11)18/h2-6,9H,7-8H2,1H3. The van der Waals surface area contributed by atoms with E-state index >= 15 is 0 Å². The minimum atomic E-state index is -3.57. The topological polar surface area (TPSA) is 76.0 Å². The third-order valence-corrected chi connectivity index (χ3v) is 4.83. The molecule has 120 valence electrons. The molecule has 2 aliphatic heterocycles. The molecule has 2 heterocycles. The maximum atomic E-state index is 12.4. The lowest BCUT2D eigenvalue weighted by Crippen LogP contribution is -2.40. The van der Waals surface area contributed by atoms with Gasteiger partial charge in [-0.25, -0.2) is 13.2 Å². The van der Waals surface area contributed by atoms with Crippen LogP contribution in [0.1, 0.15) is 5.56 Å². The fourth-order valence-electron chi connectivity index (χ4n) is 2.22. The predicted octanol–water partition coefficient (Wildman–Crippen LogP) is 2.05. The zero-order valence-corrected chi connectivity index (χ0v) is 13.8. The number of rotatable bonds is 2. The molecule has 0 spiro atoms. The first-order valence-corrected chi connectivity index (χ1v) is 8.81. The van der Waals surface area contributed by atoms with Crippen molar-refractivity contribution in [1.29, 1.82) is 0 Å². The van der Waals surface area contributed by atoms with Crippen LogP contribution < -0.4 is 4.74 Å². The number of fused-ring (bicyclic) bond motifs is 1. The van der Waals surface area contributed by atoms with Crippen molar-refractivity contribution in [2.45, 2.75) is 6.92 Å². The molecular formula is C15H13ClN2O4S. The first-order chi connectivity index (χ1) is 10.9. The van der Waals surface area contributed by atoms with Crippen LogP contribution >= 0.6 is 11.6 Å². The minimum absolute atomic E-state index is 0.0764. The predicted molar refractivity (Wildman–Crippen MR) is 87.0 cm³/mol. The van der Waals surface area contributed by atoms with Crippen LogP contribution in [0, 0.1) is 6.92 Å². The number of halogens is 1. The Morgan fingerprint density at radius 1 is 1.39 bits per heavy atom. The van der Waals surface area contributed by atoms with Gasteiger partial charge in [0.25, 0.3) is 10.0 Å². The van der Waals surface area contributed by atoms with Gasteiger partial charge in [0.2, 0.25) is 0 Å². The van der Waals surface area contributed by atoms with Crippen LogP contribution in [0.3, 0.4) is 0 Å². The van der Waals surface area contributed by atoms with E-state index in [4.69, 9.17) is 16.3 Å². The van der Waals surface area contributed by atoms with Crippen molar-refractivity contribution in [2.24, 2.45) is 4.40 Å². The lowest BCUT2D eigenvalue weighted by molar-refractivity contribution is -0.129. The van der Waals surface area contributed by atoms with Crippen LogP contribution in [0.15, 0.2) is 46.5 Å². The molecule has 0 amide bonds. The van der Waals surface area contributed by atoms with Crippen LogP contribution in [0.25, 0.3) is 0 Å². The van der Waals surface area contributed by atoms with Gasteiger partial charge in [-0.2, -0.15) is 0 Å². The second-order valence-corrected chi connectivity index (χ2v) is 7.30. The SMILES string of the molecule is Cc1ccc(Cl)c(OC(=O)C2=CC=CN3CCS(=O)(=O)N=C23)c1. The molecule has 0 bridgehead atoms. The number of carbonyl (C=O) groups is 1. The molecule has 6 nitrogen and oxygen atoms in total. The summed E-state index contributed by atoms with van der Waals surface area (Å²) in [6.07, 6.45) is 4.79. The molecule has 0 fully saturated rings. The molecule has 3 rings (SSSR count). The molecule has 23 heavy (non-hydrogen) atoms. The minimum Gasteiger partial charge on any atom is -0.421 e. The molecule has 2 aliphatic rings. The fourth-order valence-corrected chi connectivity index (χ4v) is 3.36. The lowest BCUT2D eigenvalue weighted by atomic mass is 10.1. The van der Waals surface area contributed by atoms with Crippen LogP contribution in [0.5, 0.6) is 5.75 Å². The van der Waals surface area contributed by atoms with Gasteiger partial charge in [0.05, 0.1) is 10.8 Å².